The van der Waals surface area contributed by atoms with Gasteiger partial charge in [0.2, 0.25) is 5.91 Å². The number of nitrogens with one attached hydrogen (secondary N) is 1. The molecule has 2 aromatic carbocycles. The van der Waals surface area contributed by atoms with E-state index < -0.39 is 15.9 Å². The van der Waals surface area contributed by atoms with Gasteiger partial charge < -0.3 is 19.7 Å². The van der Waals surface area contributed by atoms with Gasteiger partial charge in [-0.1, -0.05) is 24.3 Å². The minimum absolute atomic E-state index is 0.0508. The topological polar surface area (TPSA) is 105 Å². The van der Waals surface area contributed by atoms with Gasteiger partial charge in [-0.2, -0.15) is 0 Å². The van der Waals surface area contributed by atoms with E-state index in [-0.39, 0.29) is 28.9 Å². The molecule has 10 heteroatoms. The lowest BCUT2D eigenvalue weighted by atomic mass is 10.0. The number of amides is 2. The zero-order valence-corrected chi connectivity index (χ0v) is 22.5. The van der Waals surface area contributed by atoms with E-state index >= 15 is 0 Å². The van der Waals surface area contributed by atoms with Crippen molar-refractivity contribution in [3.8, 4) is 5.75 Å². The summed E-state index contributed by atoms with van der Waals surface area (Å²) in [4.78, 5) is 31.3. The molecule has 3 heterocycles. The Hall–Kier alpha value is -2.95. The molecule has 3 atom stereocenters. The van der Waals surface area contributed by atoms with Crippen molar-refractivity contribution < 1.29 is 27.5 Å². The molecule has 2 amide bonds. The number of benzene rings is 2. The second-order valence-corrected chi connectivity index (χ2v) is 12.4. The largest absolute Gasteiger partial charge is 0.493 e. The number of sulfone groups is 1. The molecule has 0 spiro atoms. The van der Waals surface area contributed by atoms with Crippen LogP contribution in [0.1, 0.15) is 41.6 Å². The van der Waals surface area contributed by atoms with Crippen LogP contribution < -0.4 is 10.1 Å². The average Bonchev–Trinajstić information content (AvgIpc) is 2.91. The molecular formula is C28H35N3O6S. The summed E-state index contributed by atoms with van der Waals surface area (Å²) in [6, 6.07) is 13.3. The van der Waals surface area contributed by atoms with Crippen LogP contribution in [0.2, 0.25) is 0 Å². The Morgan fingerprint density at radius 3 is 2.53 bits per heavy atom. The molecule has 0 aromatic heterocycles. The highest BCUT2D eigenvalue weighted by molar-refractivity contribution is 7.90. The van der Waals surface area contributed by atoms with E-state index in [0.717, 1.165) is 31.2 Å². The van der Waals surface area contributed by atoms with Gasteiger partial charge in [0, 0.05) is 45.4 Å². The van der Waals surface area contributed by atoms with Crippen molar-refractivity contribution in [3.63, 3.8) is 0 Å². The number of hydrogen-bond donors (Lipinski definition) is 1. The van der Waals surface area contributed by atoms with Crippen LogP contribution in [0.3, 0.4) is 0 Å². The number of carbonyl (C=O) groups is 2. The molecule has 3 aliphatic heterocycles. The Bertz CT molecular complexity index is 1270. The number of rotatable bonds is 3. The molecule has 2 bridgehead atoms. The van der Waals surface area contributed by atoms with E-state index in [1.54, 1.807) is 41.3 Å². The fourth-order valence-corrected chi connectivity index (χ4v) is 6.08. The molecule has 1 N–H and O–H groups in total. The van der Waals surface area contributed by atoms with E-state index in [1.807, 2.05) is 12.1 Å². The lowest BCUT2D eigenvalue weighted by Gasteiger charge is -2.41. The number of hydrogen-bond acceptors (Lipinski definition) is 7. The van der Waals surface area contributed by atoms with Crippen LogP contribution in [0.25, 0.3) is 0 Å². The fraction of sp³-hybridized carbons (Fsp3) is 0.500. The Labute approximate surface area is 224 Å². The molecule has 2 fully saturated rings. The molecule has 204 valence electrons. The van der Waals surface area contributed by atoms with Crippen molar-refractivity contribution in [2.24, 2.45) is 0 Å². The summed E-state index contributed by atoms with van der Waals surface area (Å²) in [6.45, 7) is 2.75. The molecule has 9 nitrogen and oxygen atoms in total. The van der Waals surface area contributed by atoms with Crippen LogP contribution in [0.15, 0.2) is 53.4 Å². The normalized spacial score (nSPS) is 25.4. The number of carbonyl (C=O) groups excluding carboxylic acids is 2. The summed E-state index contributed by atoms with van der Waals surface area (Å²) in [5.41, 5.74) is 1.40. The predicted molar refractivity (Wildman–Crippen MR) is 142 cm³/mol. The zero-order valence-electron chi connectivity index (χ0n) is 21.7. The Balaban J connectivity index is 1.37. The van der Waals surface area contributed by atoms with Crippen LogP contribution in [0.4, 0.5) is 0 Å². The summed E-state index contributed by atoms with van der Waals surface area (Å²) in [7, 11) is -3.27. The van der Waals surface area contributed by atoms with Gasteiger partial charge in [0.15, 0.2) is 9.84 Å². The molecule has 2 saturated heterocycles. The maximum absolute atomic E-state index is 13.7. The standard InChI is InChI=1S/C28H35N3O6S/c1-38(34,35)23-11-9-20(10-12-23)18-30-14-15-31-25(19-30)27(32)29-17-22-6-4-5-21(37-22)13-16-36-26-8-3-2-7-24(26)28(31)33/h2-3,7-12,21-22,25H,4-6,13-19H2,1H3,(H,29,32)/t21-,22-,25-/m0/s1. The summed E-state index contributed by atoms with van der Waals surface area (Å²) in [5.74, 6) is 0.109. The number of piperazine rings is 1. The second kappa shape index (κ2) is 11.4. The quantitative estimate of drug-likeness (QED) is 0.636. The van der Waals surface area contributed by atoms with Crippen molar-refractivity contribution in [1.82, 2.24) is 15.1 Å². The van der Waals surface area contributed by atoms with Gasteiger partial charge in [0.25, 0.3) is 5.91 Å². The zero-order chi connectivity index (χ0) is 26.7. The maximum atomic E-state index is 13.7. The van der Waals surface area contributed by atoms with Crippen molar-refractivity contribution in [3.05, 3.63) is 59.7 Å². The average molecular weight is 542 g/mol. The molecule has 0 radical (unpaired) electrons. The van der Waals surface area contributed by atoms with Gasteiger partial charge in [0.1, 0.15) is 11.8 Å². The molecule has 0 unspecified atom stereocenters. The van der Waals surface area contributed by atoms with Crippen LogP contribution in [0, 0.1) is 0 Å². The van der Waals surface area contributed by atoms with Gasteiger partial charge >= 0.3 is 0 Å². The lowest BCUT2D eigenvalue weighted by molar-refractivity contribution is -0.129. The summed E-state index contributed by atoms with van der Waals surface area (Å²) < 4.78 is 35.9. The SMILES string of the molecule is CS(=O)(=O)c1ccc(CN2CCN3C(=O)c4ccccc4OCC[C@@H]4CCC[C@@H](CNC(=O)[C@@H]3C2)O4)cc1. The first-order chi connectivity index (χ1) is 18.3. The van der Waals surface area contributed by atoms with Gasteiger partial charge in [-0.15, -0.1) is 0 Å². The molecule has 2 aromatic rings. The van der Waals surface area contributed by atoms with E-state index in [1.165, 1.54) is 6.26 Å². The maximum Gasteiger partial charge on any atom is 0.258 e. The van der Waals surface area contributed by atoms with Crippen LogP contribution >= 0.6 is 0 Å². The van der Waals surface area contributed by atoms with Gasteiger partial charge in [-0.3, -0.25) is 14.5 Å². The molecular weight excluding hydrogens is 506 g/mol. The monoisotopic (exact) mass is 541 g/mol. The van der Waals surface area contributed by atoms with E-state index in [9.17, 15) is 18.0 Å². The predicted octanol–water partition coefficient (Wildman–Crippen LogP) is 2.25. The van der Waals surface area contributed by atoms with E-state index in [2.05, 4.69) is 10.2 Å². The number of ether oxygens (including phenoxy) is 2. The second-order valence-electron chi connectivity index (χ2n) is 10.4. The van der Waals surface area contributed by atoms with Crippen LogP contribution in [0.5, 0.6) is 5.75 Å². The first-order valence-electron chi connectivity index (χ1n) is 13.3. The molecule has 3 aliphatic rings. The first kappa shape index (κ1) is 26.6. The third-order valence-electron chi connectivity index (χ3n) is 7.54. The first-order valence-corrected chi connectivity index (χ1v) is 15.1. The van der Waals surface area contributed by atoms with Crippen LogP contribution in [-0.2, 0) is 25.9 Å². The van der Waals surface area contributed by atoms with E-state index in [4.69, 9.17) is 9.47 Å². The number of fused-ring (bicyclic) bond motifs is 4. The van der Waals surface area contributed by atoms with Crippen molar-refractivity contribution in [1.29, 1.82) is 0 Å². The van der Waals surface area contributed by atoms with Gasteiger partial charge in [0.05, 0.1) is 29.3 Å². The Kier molecular flexibility index (Phi) is 8.01. The minimum Gasteiger partial charge on any atom is -0.493 e. The molecule has 5 rings (SSSR count). The summed E-state index contributed by atoms with van der Waals surface area (Å²) >= 11 is 0. The third-order valence-corrected chi connectivity index (χ3v) is 8.67. The van der Waals surface area contributed by atoms with Crippen LogP contribution in [-0.4, -0.2) is 87.3 Å². The van der Waals surface area contributed by atoms with Crippen molar-refractivity contribution in [2.75, 3.05) is 39.0 Å². The van der Waals surface area contributed by atoms with Gasteiger partial charge in [-0.25, -0.2) is 8.42 Å². The highest BCUT2D eigenvalue weighted by atomic mass is 32.2. The van der Waals surface area contributed by atoms with E-state index in [0.29, 0.717) is 50.6 Å². The highest BCUT2D eigenvalue weighted by Crippen LogP contribution is 2.26. The lowest BCUT2D eigenvalue weighted by Crippen LogP contribution is -2.61. The summed E-state index contributed by atoms with van der Waals surface area (Å²) in [6.07, 6.45) is 4.85. The minimum atomic E-state index is -3.27. The van der Waals surface area contributed by atoms with Crippen molar-refractivity contribution >= 4 is 21.7 Å². The summed E-state index contributed by atoms with van der Waals surface area (Å²) in [5, 5.41) is 3.06. The number of nitrogens with zero attached hydrogens (tertiary/aromatic N) is 2. The smallest absolute Gasteiger partial charge is 0.258 e. The molecule has 0 aliphatic carbocycles. The molecule has 38 heavy (non-hydrogen) atoms. The Morgan fingerprint density at radius 1 is 0.974 bits per heavy atom. The Morgan fingerprint density at radius 2 is 1.74 bits per heavy atom. The fourth-order valence-electron chi connectivity index (χ4n) is 5.45. The third kappa shape index (κ3) is 6.19. The van der Waals surface area contributed by atoms with Crippen molar-refractivity contribution in [2.45, 2.75) is 55.4 Å². The molecule has 0 saturated carbocycles. The number of para-hydroxylation sites is 1. The highest BCUT2D eigenvalue weighted by Gasteiger charge is 2.37. The van der Waals surface area contributed by atoms with Gasteiger partial charge in [-0.05, 0) is 49.1 Å².